The first-order valence-corrected chi connectivity index (χ1v) is 9.48. The van der Waals surface area contributed by atoms with Crippen molar-refractivity contribution in [2.45, 2.75) is 52.7 Å². The highest BCUT2D eigenvalue weighted by Gasteiger charge is 2.31. The highest BCUT2D eigenvalue weighted by molar-refractivity contribution is 5.92. The number of carbonyl (C=O) groups is 2. The van der Waals surface area contributed by atoms with E-state index in [1.165, 1.54) is 6.07 Å². The van der Waals surface area contributed by atoms with E-state index >= 15 is 0 Å². The van der Waals surface area contributed by atoms with Crippen molar-refractivity contribution in [1.29, 1.82) is 0 Å². The van der Waals surface area contributed by atoms with E-state index in [1.54, 1.807) is 45.0 Å². The Balaban J connectivity index is 2.04. The Hall–Kier alpha value is -3.03. The first kappa shape index (κ1) is 22.3. The third kappa shape index (κ3) is 6.51. The third-order valence-electron chi connectivity index (χ3n) is 4.55. The topological polar surface area (TPSA) is 110 Å². The van der Waals surface area contributed by atoms with Crippen molar-refractivity contribution in [1.82, 2.24) is 10.6 Å². The Morgan fingerprint density at radius 3 is 2.41 bits per heavy atom. The van der Waals surface area contributed by atoms with Crippen LogP contribution in [0.1, 0.15) is 41.5 Å². The van der Waals surface area contributed by atoms with E-state index < -0.39 is 28.9 Å². The van der Waals surface area contributed by atoms with Crippen LogP contribution in [0.2, 0.25) is 0 Å². The number of rotatable bonds is 5. The Kier molecular flexibility index (Phi) is 6.56. The summed E-state index contributed by atoms with van der Waals surface area (Å²) in [5, 5.41) is 9.10. The third-order valence-corrected chi connectivity index (χ3v) is 4.55. The molecular weight excluding hydrogens is 374 g/mol. The molecule has 0 saturated carbocycles. The van der Waals surface area contributed by atoms with Crippen molar-refractivity contribution >= 4 is 28.8 Å². The number of hydrogen-bond acceptors (Lipinski definition) is 5. The molecule has 2 aromatic rings. The molecule has 1 atom stereocenters. The minimum absolute atomic E-state index is 0.0362. The van der Waals surface area contributed by atoms with Gasteiger partial charge in [0.1, 0.15) is 11.2 Å². The predicted octanol–water partition coefficient (Wildman–Crippen LogP) is 3.85. The maximum absolute atomic E-state index is 12.6. The van der Waals surface area contributed by atoms with Crippen LogP contribution >= 0.6 is 0 Å². The summed E-state index contributed by atoms with van der Waals surface area (Å²) >= 11 is 0. The normalized spacial score (nSPS) is 13.6. The summed E-state index contributed by atoms with van der Waals surface area (Å²) < 4.78 is 10.3. The van der Waals surface area contributed by atoms with E-state index in [2.05, 4.69) is 16.0 Å². The summed E-state index contributed by atoms with van der Waals surface area (Å²) in [4.78, 5) is 35.8. The maximum atomic E-state index is 12.6. The van der Waals surface area contributed by atoms with Crippen molar-refractivity contribution in [3.8, 4) is 0 Å². The molecule has 0 unspecified atom stereocenters. The number of fused-ring (bicyclic) bond motifs is 1. The van der Waals surface area contributed by atoms with E-state index in [1.807, 2.05) is 20.8 Å². The number of nitrogens with one attached hydrogen (secondary N) is 3. The fourth-order valence-corrected chi connectivity index (χ4v) is 2.53. The maximum Gasteiger partial charge on any atom is 0.407 e. The van der Waals surface area contributed by atoms with E-state index in [0.717, 1.165) is 0 Å². The Bertz CT molecular complexity index is 945. The molecule has 0 aliphatic rings. The number of carbonyl (C=O) groups excluding carboxylic acids is 2. The van der Waals surface area contributed by atoms with Gasteiger partial charge >= 0.3 is 17.7 Å². The lowest BCUT2D eigenvalue weighted by atomic mass is 9.88. The van der Waals surface area contributed by atoms with Crippen LogP contribution in [0.4, 0.5) is 15.3 Å². The van der Waals surface area contributed by atoms with E-state index in [0.29, 0.717) is 16.7 Å². The zero-order chi connectivity index (χ0) is 21.8. The van der Waals surface area contributed by atoms with Crippen LogP contribution in [0.25, 0.3) is 11.0 Å². The van der Waals surface area contributed by atoms with Gasteiger partial charge in [-0.3, -0.25) is 0 Å². The summed E-state index contributed by atoms with van der Waals surface area (Å²) in [6.45, 7) is 11.3. The second-order valence-corrected chi connectivity index (χ2v) is 8.51. The van der Waals surface area contributed by atoms with Crippen LogP contribution in [-0.2, 0) is 4.74 Å². The molecule has 0 saturated heterocycles. The molecule has 1 aromatic heterocycles. The molecule has 8 heteroatoms. The number of benzene rings is 1. The first-order chi connectivity index (χ1) is 13.4. The minimum atomic E-state index is -0.704. The number of alkyl carbamates (subject to hydrolysis) is 1. The molecule has 0 spiro atoms. The molecule has 29 heavy (non-hydrogen) atoms. The lowest BCUT2D eigenvalue weighted by Crippen LogP contribution is -2.58. The highest BCUT2D eigenvalue weighted by Crippen LogP contribution is 2.19. The van der Waals surface area contributed by atoms with Crippen LogP contribution in [0.15, 0.2) is 39.5 Å². The first-order valence-electron chi connectivity index (χ1n) is 9.48. The zero-order valence-corrected chi connectivity index (χ0v) is 17.7. The van der Waals surface area contributed by atoms with Gasteiger partial charge in [0.05, 0.1) is 5.54 Å². The molecule has 0 radical (unpaired) electrons. The van der Waals surface area contributed by atoms with Gasteiger partial charge in [-0.05, 0) is 57.9 Å². The molecular formula is C21H29N3O5. The van der Waals surface area contributed by atoms with Gasteiger partial charge in [0, 0.05) is 23.7 Å². The van der Waals surface area contributed by atoms with Gasteiger partial charge in [-0.2, -0.15) is 0 Å². The molecule has 0 fully saturated rings. The van der Waals surface area contributed by atoms with Crippen LogP contribution in [0, 0.1) is 5.92 Å². The van der Waals surface area contributed by atoms with Gasteiger partial charge in [-0.25, -0.2) is 14.4 Å². The number of urea groups is 1. The van der Waals surface area contributed by atoms with Gasteiger partial charge < -0.3 is 25.1 Å². The molecule has 3 N–H and O–H groups in total. The number of anilines is 1. The molecule has 0 aliphatic heterocycles. The van der Waals surface area contributed by atoms with Gasteiger partial charge in [0.2, 0.25) is 0 Å². The second-order valence-electron chi connectivity index (χ2n) is 8.51. The number of ether oxygens (including phenoxy) is 1. The number of amides is 3. The van der Waals surface area contributed by atoms with Crippen LogP contribution < -0.4 is 21.6 Å². The minimum Gasteiger partial charge on any atom is -0.444 e. The predicted molar refractivity (Wildman–Crippen MR) is 112 cm³/mol. The summed E-state index contributed by atoms with van der Waals surface area (Å²) in [6.07, 6.45) is -0.539. The standard InChI is InChI=1S/C21H29N3O5/c1-13(2)21(6,12-22-19(27)29-20(3,4)5)24-18(26)23-15-8-9-16-14(11-15)7-10-17(25)28-16/h7-11,13H,12H2,1-6H3,(H,22,27)(H2,23,24,26)/t21-/m0/s1. The van der Waals surface area contributed by atoms with Crippen molar-refractivity contribution in [3.63, 3.8) is 0 Å². The van der Waals surface area contributed by atoms with Gasteiger partial charge in [-0.1, -0.05) is 13.8 Å². The fraction of sp³-hybridized carbons (Fsp3) is 0.476. The van der Waals surface area contributed by atoms with Crippen molar-refractivity contribution in [3.05, 3.63) is 40.8 Å². The summed E-state index contributed by atoms with van der Waals surface area (Å²) in [6, 6.07) is 7.53. The van der Waals surface area contributed by atoms with E-state index in [4.69, 9.17) is 9.15 Å². The average Bonchev–Trinajstić information content (AvgIpc) is 2.58. The molecule has 1 heterocycles. The molecule has 2 rings (SSSR count). The lowest BCUT2D eigenvalue weighted by Gasteiger charge is -2.35. The SMILES string of the molecule is CC(C)[C@](C)(CNC(=O)OC(C)(C)C)NC(=O)Nc1ccc2oc(=O)ccc2c1. The monoisotopic (exact) mass is 403 g/mol. The van der Waals surface area contributed by atoms with Crippen molar-refractivity contribution in [2.24, 2.45) is 5.92 Å². The fourth-order valence-electron chi connectivity index (χ4n) is 2.53. The smallest absolute Gasteiger partial charge is 0.407 e. The largest absolute Gasteiger partial charge is 0.444 e. The summed E-state index contributed by atoms with van der Waals surface area (Å²) in [5.74, 6) is 0.0362. The van der Waals surface area contributed by atoms with Crippen molar-refractivity contribution < 1.29 is 18.7 Å². The second kappa shape index (κ2) is 8.55. The van der Waals surface area contributed by atoms with Gasteiger partial charge in [0.25, 0.3) is 0 Å². The van der Waals surface area contributed by atoms with Crippen LogP contribution in [0.5, 0.6) is 0 Å². The number of hydrogen-bond donors (Lipinski definition) is 3. The quantitative estimate of drug-likeness (QED) is 0.657. The van der Waals surface area contributed by atoms with Gasteiger partial charge in [-0.15, -0.1) is 0 Å². The molecule has 8 nitrogen and oxygen atoms in total. The Morgan fingerprint density at radius 2 is 1.79 bits per heavy atom. The van der Waals surface area contributed by atoms with E-state index in [9.17, 15) is 14.4 Å². The lowest BCUT2D eigenvalue weighted by molar-refractivity contribution is 0.0505. The van der Waals surface area contributed by atoms with Crippen molar-refractivity contribution in [2.75, 3.05) is 11.9 Å². The molecule has 0 bridgehead atoms. The summed E-state index contributed by atoms with van der Waals surface area (Å²) in [5.41, 5.74) is -0.739. The average molecular weight is 403 g/mol. The van der Waals surface area contributed by atoms with Crippen LogP contribution in [-0.4, -0.2) is 29.8 Å². The van der Waals surface area contributed by atoms with Gasteiger partial charge in [0.15, 0.2) is 0 Å². The van der Waals surface area contributed by atoms with E-state index in [-0.39, 0.29) is 12.5 Å². The highest BCUT2D eigenvalue weighted by atomic mass is 16.6. The molecule has 0 aliphatic carbocycles. The zero-order valence-electron chi connectivity index (χ0n) is 17.7. The van der Waals surface area contributed by atoms with Crippen LogP contribution in [0.3, 0.4) is 0 Å². The Labute approximate surface area is 170 Å². The Morgan fingerprint density at radius 1 is 1.10 bits per heavy atom. The molecule has 1 aromatic carbocycles. The summed E-state index contributed by atoms with van der Waals surface area (Å²) in [7, 11) is 0. The molecule has 158 valence electrons. The molecule has 3 amide bonds.